The Hall–Kier alpha value is -1.69. The van der Waals surface area contributed by atoms with Crippen molar-refractivity contribution < 1.29 is 23.4 Å². The molecular formula is C21H29F2NO3. The molecule has 1 aromatic rings. The van der Waals surface area contributed by atoms with Crippen molar-refractivity contribution >= 4 is 5.91 Å². The molecule has 0 bridgehead atoms. The van der Waals surface area contributed by atoms with Crippen molar-refractivity contribution in [3.63, 3.8) is 0 Å². The van der Waals surface area contributed by atoms with Crippen LogP contribution >= 0.6 is 0 Å². The summed E-state index contributed by atoms with van der Waals surface area (Å²) in [5, 5.41) is 9.44. The van der Waals surface area contributed by atoms with E-state index in [-0.39, 0.29) is 29.6 Å². The Balaban J connectivity index is 1.61. The monoisotopic (exact) mass is 381 g/mol. The zero-order chi connectivity index (χ0) is 19.6. The average Bonchev–Trinajstić information content (AvgIpc) is 3.05. The van der Waals surface area contributed by atoms with Gasteiger partial charge in [0.25, 0.3) is 0 Å². The first-order valence-electron chi connectivity index (χ1n) is 9.82. The molecule has 1 spiro atoms. The highest BCUT2D eigenvalue weighted by molar-refractivity contribution is 5.80. The van der Waals surface area contributed by atoms with Gasteiger partial charge in [0, 0.05) is 18.5 Å². The molecule has 150 valence electrons. The number of likely N-dealkylation sites (tertiary alicyclic amines) is 1. The number of nitrogens with zero attached hydrogens (tertiary/aromatic N) is 1. The molecule has 1 unspecified atom stereocenters. The van der Waals surface area contributed by atoms with Crippen LogP contribution < -0.4 is 4.74 Å². The molecule has 2 fully saturated rings. The molecule has 1 heterocycles. The highest BCUT2D eigenvalue weighted by atomic mass is 19.3. The van der Waals surface area contributed by atoms with Gasteiger partial charge >= 0.3 is 6.61 Å². The number of benzene rings is 1. The SMILES string of the molecule is CCC[C@H](CO)C(=O)N1CC2(CCC(c3ccc(C)c(OC(F)F)c3)C2)C1. The number of amides is 1. The minimum Gasteiger partial charge on any atom is -0.435 e. The molecule has 1 aliphatic carbocycles. The largest absolute Gasteiger partial charge is 0.435 e. The second-order valence-electron chi connectivity index (χ2n) is 8.21. The first-order valence-corrected chi connectivity index (χ1v) is 9.82. The molecule has 1 saturated heterocycles. The first kappa shape index (κ1) is 20.1. The van der Waals surface area contributed by atoms with Gasteiger partial charge in [-0.3, -0.25) is 4.79 Å². The van der Waals surface area contributed by atoms with Gasteiger partial charge in [0.05, 0.1) is 12.5 Å². The average molecular weight is 381 g/mol. The third-order valence-electron chi connectivity index (χ3n) is 6.17. The Labute approximate surface area is 159 Å². The van der Waals surface area contributed by atoms with Crippen LogP contribution in [0.25, 0.3) is 0 Å². The molecule has 0 radical (unpaired) electrons. The number of carbonyl (C=O) groups excluding carboxylic acids is 1. The second kappa shape index (κ2) is 8.13. The highest BCUT2D eigenvalue weighted by Gasteiger charge is 2.50. The van der Waals surface area contributed by atoms with E-state index >= 15 is 0 Å². The summed E-state index contributed by atoms with van der Waals surface area (Å²) in [4.78, 5) is 14.4. The quantitative estimate of drug-likeness (QED) is 0.774. The van der Waals surface area contributed by atoms with E-state index in [0.717, 1.165) is 50.8 Å². The Morgan fingerprint density at radius 2 is 2.15 bits per heavy atom. The number of ether oxygens (including phenoxy) is 1. The molecule has 2 atom stereocenters. The van der Waals surface area contributed by atoms with E-state index < -0.39 is 6.61 Å². The smallest absolute Gasteiger partial charge is 0.387 e. The third kappa shape index (κ3) is 4.26. The van der Waals surface area contributed by atoms with Gasteiger partial charge in [0.1, 0.15) is 5.75 Å². The second-order valence-corrected chi connectivity index (χ2v) is 8.21. The van der Waals surface area contributed by atoms with Crippen molar-refractivity contribution in [1.82, 2.24) is 4.90 Å². The molecular weight excluding hydrogens is 352 g/mol. The number of aryl methyl sites for hydroxylation is 1. The summed E-state index contributed by atoms with van der Waals surface area (Å²) >= 11 is 0. The van der Waals surface area contributed by atoms with Crippen LogP contribution in [0.15, 0.2) is 18.2 Å². The Kier molecular flexibility index (Phi) is 6.04. The van der Waals surface area contributed by atoms with E-state index in [9.17, 15) is 18.7 Å². The minimum absolute atomic E-state index is 0.0661. The predicted octanol–water partition coefficient (Wildman–Crippen LogP) is 4.10. The fraction of sp³-hybridized carbons (Fsp3) is 0.667. The molecule has 2 aliphatic rings. The third-order valence-corrected chi connectivity index (χ3v) is 6.17. The molecule has 4 nitrogen and oxygen atoms in total. The van der Waals surface area contributed by atoms with Gasteiger partial charge in [-0.15, -0.1) is 0 Å². The Morgan fingerprint density at radius 1 is 1.41 bits per heavy atom. The number of hydrogen-bond donors (Lipinski definition) is 1. The van der Waals surface area contributed by atoms with Crippen LogP contribution in [0.2, 0.25) is 0 Å². The predicted molar refractivity (Wildman–Crippen MR) is 98.9 cm³/mol. The lowest BCUT2D eigenvalue weighted by molar-refractivity contribution is -0.149. The number of hydrogen-bond acceptors (Lipinski definition) is 3. The van der Waals surface area contributed by atoms with Gasteiger partial charge in [-0.05, 0) is 55.7 Å². The van der Waals surface area contributed by atoms with Crippen molar-refractivity contribution in [1.29, 1.82) is 0 Å². The van der Waals surface area contributed by atoms with Crippen molar-refractivity contribution in [2.75, 3.05) is 19.7 Å². The number of rotatable bonds is 7. The van der Waals surface area contributed by atoms with Gasteiger partial charge in [0.2, 0.25) is 5.91 Å². The number of carbonyl (C=O) groups is 1. The van der Waals surface area contributed by atoms with Gasteiger partial charge in [-0.1, -0.05) is 25.5 Å². The maximum atomic E-state index is 12.6. The molecule has 6 heteroatoms. The summed E-state index contributed by atoms with van der Waals surface area (Å²) < 4.78 is 29.8. The Morgan fingerprint density at radius 3 is 2.78 bits per heavy atom. The fourth-order valence-electron chi connectivity index (χ4n) is 4.69. The van der Waals surface area contributed by atoms with E-state index in [1.165, 1.54) is 0 Å². The Bertz CT molecular complexity index is 673. The van der Waals surface area contributed by atoms with E-state index in [1.54, 1.807) is 13.0 Å². The van der Waals surface area contributed by atoms with Crippen LogP contribution in [0.5, 0.6) is 5.75 Å². The normalized spacial score (nSPS) is 22.1. The molecule has 27 heavy (non-hydrogen) atoms. The zero-order valence-electron chi connectivity index (χ0n) is 16.1. The standard InChI is InChI=1S/C21H29F2NO3/c1-3-4-17(11-25)19(26)24-12-21(13-24)8-7-16(10-21)15-6-5-14(2)18(9-15)27-20(22)23/h5-6,9,16-17,20,25H,3-4,7-8,10-13H2,1-2H3/t16?,17-/m1/s1. The first-order chi connectivity index (χ1) is 12.9. The zero-order valence-corrected chi connectivity index (χ0v) is 16.1. The van der Waals surface area contributed by atoms with Gasteiger partial charge in [-0.2, -0.15) is 8.78 Å². The maximum Gasteiger partial charge on any atom is 0.387 e. The summed E-state index contributed by atoms with van der Waals surface area (Å²) in [5.41, 5.74) is 1.89. The van der Waals surface area contributed by atoms with Crippen LogP contribution in [0, 0.1) is 18.3 Å². The molecule has 1 saturated carbocycles. The van der Waals surface area contributed by atoms with E-state index in [2.05, 4.69) is 4.74 Å². The summed E-state index contributed by atoms with van der Waals surface area (Å²) in [6.45, 7) is 2.37. The van der Waals surface area contributed by atoms with E-state index in [1.807, 2.05) is 24.0 Å². The van der Waals surface area contributed by atoms with Crippen LogP contribution in [0.4, 0.5) is 8.78 Å². The molecule has 1 aliphatic heterocycles. The number of alkyl halides is 2. The molecule has 1 N–H and O–H groups in total. The van der Waals surface area contributed by atoms with Crippen molar-refractivity contribution in [2.24, 2.45) is 11.3 Å². The lowest BCUT2D eigenvalue weighted by atomic mass is 9.76. The lowest BCUT2D eigenvalue weighted by Crippen LogP contribution is -2.59. The number of aliphatic hydroxyl groups is 1. The summed E-state index contributed by atoms with van der Waals surface area (Å²) in [7, 11) is 0. The van der Waals surface area contributed by atoms with Gasteiger partial charge in [0.15, 0.2) is 0 Å². The number of halogens is 2. The number of aliphatic hydroxyl groups excluding tert-OH is 1. The summed E-state index contributed by atoms with van der Waals surface area (Å²) in [6.07, 6.45) is 4.60. The lowest BCUT2D eigenvalue weighted by Gasteiger charge is -2.49. The van der Waals surface area contributed by atoms with Gasteiger partial charge in [-0.25, -0.2) is 0 Å². The minimum atomic E-state index is -2.82. The molecule has 3 rings (SSSR count). The fourth-order valence-corrected chi connectivity index (χ4v) is 4.69. The van der Waals surface area contributed by atoms with Gasteiger partial charge < -0.3 is 14.7 Å². The van der Waals surface area contributed by atoms with Crippen LogP contribution in [-0.2, 0) is 4.79 Å². The van der Waals surface area contributed by atoms with Crippen molar-refractivity contribution in [2.45, 2.75) is 58.5 Å². The molecule has 1 aromatic carbocycles. The summed E-state index contributed by atoms with van der Waals surface area (Å²) in [6, 6.07) is 5.59. The maximum absolute atomic E-state index is 12.6. The van der Waals surface area contributed by atoms with Crippen LogP contribution in [0.3, 0.4) is 0 Å². The van der Waals surface area contributed by atoms with Crippen molar-refractivity contribution in [3.05, 3.63) is 29.3 Å². The van der Waals surface area contributed by atoms with Crippen LogP contribution in [0.1, 0.15) is 56.1 Å². The van der Waals surface area contributed by atoms with Crippen molar-refractivity contribution in [3.8, 4) is 5.75 Å². The van der Waals surface area contributed by atoms with E-state index in [4.69, 9.17) is 0 Å². The molecule has 1 amide bonds. The molecule has 0 aromatic heterocycles. The van der Waals surface area contributed by atoms with E-state index in [0.29, 0.717) is 11.5 Å². The highest BCUT2D eigenvalue weighted by Crippen LogP contribution is 2.52. The summed E-state index contributed by atoms with van der Waals surface area (Å²) in [5.74, 6) is 0.346. The van der Waals surface area contributed by atoms with Crippen LogP contribution in [-0.4, -0.2) is 42.2 Å². The topological polar surface area (TPSA) is 49.8 Å².